The number of hydrogen-bond donors (Lipinski definition) is 0. The number of rotatable bonds is 2. The number of hydrogen-bond acceptors (Lipinski definition) is 2. The first-order chi connectivity index (χ1) is 31.0. The fourth-order valence-corrected chi connectivity index (χ4v) is 13.9. The number of thiophene rings is 2. The van der Waals surface area contributed by atoms with Gasteiger partial charge in [0.1, 0.15) is 0 Å². The van der Waals surface area contributed by atoms with Crippen molar-refractivity contribution in [2.24, 2.45) is 0 Å². The summed E-state index contributed by atoms with van der Waals surface area (Å²) in [7, 11) is 0. The predicted molar refractivity (Wildman–Crippen MR) is 273 cm³/mol. The normalized spacial score (nSPS) is 13.7. The van der Waals surface area contributed by atoms with Gasteiger partial charge in [-0.25, -0.2) is 0 Å². The van der Waals surface area contributed by atoms with Crippen LogP contribution in [0.5, 0.6) is 0 Å². The smallest absolute Gasteiger partial charge is 0.0547 e. The standard InChI is InChI=1S/C59H36N2S2/c1-59(2)49-29-35(60-51-15-7-3-11-39(51)47-31-45-33(27-53(47)60)19-23-43-41-13-5-9-17-55(41)62-57(43)45)21-25-37(49)38-26-22-36(30-50(38)59)61-52-16-8-4-12-40(52)48-32-46-34(28-54(48)61)20-24-44-42-14-6-10-18-56(42)63-58(44)46/h3-32H,1-2H3. The van der Waals surface area contributed by atoms with Crippen molar-refractivity contribution < 1.29 is 0 Å². The zero-order chi connectivity index (χ0) is 41.3. The summed E-state index contributed by atoms with van der Waals surface area (Å²) in [5.41, 5.74) is 12.5. The Morgan fingerprint density at radius 1 is 0.333 bits per heavy atom. The molecule has 1 aliphatic carbocycles. The molecule has 0 unspecified atom stereocenters. The van der Waals surface area contributed by atoms with Crippen LogP contribution in [0.1, 0.15) is 25.0 Å². The largest absolute Gasteiger partial charge is 0.309 e. The van der Waals surface area contributed by atoms with Gasteiger partial charge >= 0.3 is 0 Å². The highest BCUT2D eigenvalue weighted by Gasteiger charge is 2.36. The van der Waals surface area contributed by atoms with Crippen LogP contribution in [0.4, 0.5) is 0 Å². The molecular weight excluding hydrogens is 801 g/mol. The lowest BCUT2D eigenvalue weighted by Crippen LogP contribution is -2.16. The molecule has 0 N–H and O–H groups in total. The van der Waals surface area contributed by atoms with Gasteiger partial charge in [0.05, 0.1) is 22.1 Å². The van der Waals surface area contributed by atoms with E-state index in [1.54, 1.807) is 0 Å². The molecule has 0 aliphatic heterocycles. The second-order valence-corrected chi connectivity index (χ2v) is 20.2. The molecular formula is C59H36N2S2. The van der Waals surface area contributed by atoms with Crippen molar-refractivity contribution in [1.82, 2.24) is 9.13 Å². The van der Waals surface area contributed by atoms with E-state index in [-0.39, 0.29) is 5.41 Å². The average molecular weight is 837 g/mol. The fraction of sp³-hybridized carbons (Fsp3) is 0.0508. The number of para-hydroxylation sites is 2. The Hall–Kier alpha value is -7.24. The molecule has 4 heteroatoms. The van der Waals surface area contributed by atoms with Gasteiger partial charge in [0.2, 0.25) is 0 Å². The number of nitrogens with zero attached hydrogens (tertiary/aromatic N) is 2. The summed E-state index contributed by atoms with van der Waals surface area (Å²) in [4.78, 5) is 0. The van der Waals surface area contributed by atoms with Gasteiger partial charge in [0, 0.05) is 89.5 Å². The molecule has 2 nitrogen and oxygen atoms in total. The number of aromatic nitrogens is 2. The Morgan fingerprint density at radius 2 is 0.762 bits per heavy atom. The molecule has 4 heterocycles. The molecule has 10 aromatic carbocycles. The lowest BCUT2D eigenvalue weighted by molar-refractivity contribution is 0.659. The first-order valence-electron chi connectivity index (χ1n) is 21.8. The highest BCUT2D eigenvalue weighted by Crippen LogP contribution is 2.51. The van der Waals surface area contributed by atoms with Crippen LogP contribution in [0.2, 0.25) is 0 Å². The maximum absolute atomic E-state index is 2.50. The zero-order valence-corrected chi connectivity index (χ0v) is 36.2. The maximum Gasteiger partial charge on any atom is 0.0547 e. The molecule has 0 atom stereocenters. The van der Waals surface area contributed by atoms with Crippen LogP contribution in [-0.4, -0.2) is 9.13 Å². The molecule has 0 saturated heterocycles. The highest BCUT2D eigenvalue weighted by molar-refractivity contribution is 7.27. The molecule has 1 aliphatic rings. The predicted octanol–water partition coefficient (Wildman–Crippen LogP) is 17.2. The molecule has 0 bridgehead atoms. The molecule has 0 saturated carbocycles. The van der Waals surface area contributed by atoms with Gasteiger partial charge in [-0.15, -0.1) is 22.7 Å². The molecule has 0 radical (unpaired) electrons. The minimum atomic E-state index is -0.215. The van der Waals surface area contributed by atoms with Gasteiger partial charge in [-0.1, -0.05) is 123 Å². The Morgan fingerprint density at radius 3 is 1.24 bits per heavy atom. The summed E-state index contributed by atoms with van der Waals surface area (Å²) in [5.74, 6) is 0. The summed E-state index contributed by atoms with van der Waals surface area (Å²) in [6.07, 6.45) is 0. The van der Waals surface area contributed by atoms with Crippen LogP contribution in [0.25, 0.3) is 128 Å². The van der Waals surface area contributed by atoms with E-state index in [1.807, 2.05) is 22.7 Å². The minimum Gasteiger partial charge on any atom is -0.309 e. The first-order valence-corrected chi connectivity index (χ1v) is 23.5. The topological polar surface area (TPSA) is 9.86 Å². The van der Waals surface area contributed by atoms with E-state index >= 15 is 0 Å². The van der Waals surface area contributed by atoms with Gasteiger partial charge in [0.25, 0.3) is 0 Å². The van der Waals surface area contributed by atoms with Crippen molar-refractivity contribution >= 4 is 128 Å². The van der Waals surface area contributed by atoms with Crippen molar-refractivity contribution in [3.63, 3.8) is 0 Å². The molecule has 0 fully saturated rings. The molecule has 15 rings (SSSR count). The molecule has 4 aromatic heterocycles. The Labute approximate surface area is 370 Å². The van der Waals surface area contributed by atoms with E-state index < -0.39 is 0 Å². The Balaban J connectivity index is 0.894. The third-order valence-electron chi connectivity index (χ3n) is 14.5. The maximum atomic E-state index is 2.50. The third-order valence-corrected chi connectivity index (χ3v) is 16.9. The van der Waals surface area contributed by atoms with Gasteiger partial charge in [-0.3, -0.25) is 0 Å². The Bertz CT molecular complexity index is 4080. The monoisotopic (exact) mass is 836 g/mol. The summed E-state index contributed by atoms with van der Waals surface area (Å²) in [5, 5.41) is 15.7. The lowest BCUT2D eigenvalue weighted by Gasteiger charge is -2.23. The van der Waals surface area contributed by atoms with Crippen molar-refractivity contribution in [3.05, 3.63) is 193 Å². The molecule has 63 heavy (non-hydrogen) atoms. The van der Waals surface area contributed by atoms with Crippen LogP contribution >= 0.6 is 22.7 Å². The van der Waals surface area contributed by atoms with Crippen LogP contribution in [0.3, 0.4) is 0 Å². The van der Waals surface area contributed by atoms with E-state index in [4.69, 9.17) is 0 Å². The van der Waals surface area contributed by atoms with Gasteiger partial charge in [0.15, 0.2) is 0 Å². The summed E-state index contributed by atoms with van der Waals surface area (Å²) in [6, 6.07) is 68.9. The van der Waals surface area contributed by atoms with Crippen molar-refractivity contribution in [3.8, 4) is 22.5 Å². The molecule has 0 spiro atoms. The SMILES string of the molecule is CC1(C)c2cc(-n3c4ccccc4c4cc5c(ccc6c7ccccc7sc56)cc43)ccc2-c2ccc(-n3c4ccccc4c4cc5c(ccc6c7ccccc7sc56)cc43)cc21. The van der Waals surface area contributed by atoms with Crippen LogP contribution in [0.15, 0.2) is 182 Å². The molecule has 14 aromatic rings. The fourth-order valence-electron chi connectivity index (χ4n) is 11.5. The van der Waals surface area contributed by atoms with Crippen LogP contribution < -0.4 is 0 Å². The van der Waals surface area contributed by atoms with Gasteiger partial charge in [-0.05, 0) is 106 Å². The Kier molecular flexibility index (Phi) is 6.55. The first kappa shape index (κ1) is 34.4. The van der Waals surface area contributed by atoms with E-state index in [2.05, 4.69) is 205 Å². The van der Waals surface area contributed by atoms with Crippen LogP contribution in [0, 0.1) is 0 Å². The van der Waals surface area contributed by atoms with Crippen molar-refractivity contribution in [1.29, 1.82) is 0 Å². The van der Waals surface area contributed by atoms with Crippen molar-refractivity contribution in [2.45, 2.75) is 19.3 Å². The van der Waals surface area contributed by atoms with Gasteiger partial charge < -0.3 is 9.13 Å². The van der Waals surface area contributed by atoms with E-state index in [0.717, 1.165) is 0 Å². The minimum absolute atomic E-state index is 0.215. The molecule has 0 amide bonds. The number of benzene rings is 10. The van der Waals surface area contributed by atoms with E-state index in [9.17, 15) is 0 Å². The second kappa shape index (κ2) is 12.0. The summed E-state index contributed by atoms with van der Waals surface area (Å²) >= 11 is 3.82. The quantitative estimate of drug-likeness (QED) is 0.164. The third kappa shape index (κ3) is 4.47. The van der Waals surface area contributed by atoms with Crippen LogP contribution in [-0.2, 0) is 5.41 Å². The molecule has 294 valence electrons. The highest BCUT2D eigenvalue weighted by atomic mass is 32.1. The summed E-state index contributed by atoms with van der Waals surface area (Å²) in [6.45, 7) is 4.83. The second-order valence-electron chi connectivity index (χ2n) is 18.1. The van der Waals surface area contributed by atoms with Crippen molar-refractivity contribution in [2.75, 3.05) is 0 Å². The lowest BCUT2D eigenvalue weighted by atomic mass is 9.82. The van der Waals surface area contributed by atoms with E-state index in [0.29, 0.717) is 0 Å². The van der Waals surface area contributed by atoms with E-state index in [1.165, 1.54) is 139 Å². The number of fused-ring (bicyclic) bond motifs is 19. The zero-order valence-electron chi connectivity index (χ0n) is 34.5. The summed E-state index contributed by atoms with van der Waals surface area (Å²) < 4.78 is 10.4. The van der Waals surface area contributed by atoms with Gasteiger partial charge in [-0.2, -0.15) is 0 Å². The average Bonchev–Trinajstić information content (AvgIpc) is 4.11.